The van der Waals surface area contributed by atoms with Crippen LogP contribution in [-0.2, 0) is 0 Å². The standard InChI is InChI=1S/C40H22N2O6/c43-36-23-13-7-8-14-24(23)37(44)31-25(36)15-18-28-34(31)41-29-19-16-26-32(35(29)42-28)38(45)27-17-20-30(47-21-9-3-1-4-10-21)40(33(27)39(26)46)48-22-11-5-2-6-12-22/h1-20,34,41H/p+1. The Morgan fingerprint density at radius 3 is 1.88 bits per heavy atom. The normalized spacial score (nSPS) is 16.8. The molecule has 0 amide bonds. The maximum Gasteiger partial charge on any atom is 0.239 e. The Kier molecular flexibility index (Phi) is 6.00. The number of nitrogens with one attached hydrogen (secondary N) is 2. The van der Waals surface area contributed by atoms with Gasteiger partial charge in [0.25, 0.3) is 0 Å². The Balaban J connectivity index is 1.15. The van der Waals surface area contributed by atoms with E-state index < -0.39 is 11.8 Å². The minimum absolute atomic E-state index is 0.108. The van der Waals surface area contributed by atoms with Gasteiger partial charge in [-0.1, -0.05) is 60.7 Å². The largest absolute Gasteiger partial charge is 0.453 e. The van der Waals surface area contributed by atoms with E-state index in [1.165, 1.54) is 0 Å². The zero-order chi connectivity index (χ0) is 32.5. The number of benzene rings is 5. The summed E-state index contributed by atoms with van der Waals surface area (Å²) >= 11 is 0. The first-order chi connectivity index (χ1) is 23.5. The average Bonchev–Trinajstić information content (AvgIpc) is 3.12. The van der Waals surface area contributed by atoms with Crippen LogP contribution in [0.4, 0.5) is 11.4 Å². The van der Waals surface area contributed by atoms with Crippen LogP contribution in [0.3, 0.4) is 0 Å². The first-order valence-electron chi connectivity index (χ1n) is 15.4. The second kappa shape index (κ2) is 10.4. The topological polar surface area (TPSA) is 113 Å². The Labute approximate surface area is 273 Å². The molecule has 1 heterocycles. The van der Waals surface area contributed by atoms with E-state index in [2.05, 4.69) is 10.3 Å². The lowest BCUT2D eigenvalue weighted by atomic mass is 9.76. The van der Waals surface area contributed by atoms with Crippen molar-refractivity contribution >= 4 is 40.2 Å². The molecule has 0 aromatic heterocycles. The fourth-order valence-electron chi connectivity index (χ4n) is 6.78. The molecule has 1 aliphatic heterocycles. The van der Waals surface area contributed by atoms with Crippen molar-refractivity contribution in [3.05, 3.63) is 166 Å². The van der Waals surface area contributed by atoms with Crippen molar-refractivity contribution in [2.45, 2.75) is 6.04 Å². The van der Waals surface area contributed by atoms with Gasteiger partial charge < -0.3 is 14.8 Å². The van der Waals surface area contributed by atoms with Gasteiger partial charge in [0.2, 0.25) is 17.2 Å². The molecule has 0 saturated heterocycles. The van der Waals surface area contributed by atoms with E-state index in [1.807, 2.05) is 36.4 Å². The predicted octanol–water partition coefficient (Wildman–Crippen LogP) is 5.94. The molecule has 1 unspecified atom stereocenters. The highest BCUT2D eigenvalue weighted by Crippen LogP contribution is 2.45. The van der Waals surface area contributed by atoms with E-state index in [9.17, 15) is 19.2 Å². The van der Waals surface area contributed by atoms with Crippen molar-refractivity contribution in [2.24, 2.45) is 0 Å². The zero-order valence-corrected chi connectivity index (χ0v) is 25.1. The Morgan fingerprint density at radius 1 is 0.542 bits per heavy atom. The van der Waals surface area contributed by atoms with E-state index in [1.54, 1.807) is 84.9 Å². The van der Waals surface area contributed by atoms with Crippen molar-refractivity contribution in [3.8, 4) is 23.0 Å². The van der Waals surface area contributed by atoms with Gasteiger partial charge in [-0.15, -0.1) is 0 Å². The molecule has 0 bridgehead atoms. The van der Waals surface area contributed by atoms with Gasteiger partial charge in [0.15, 0.2) is 28.8 Å². The molecule has 0 radical (unpaired) electrons. The molecule has 1 atom stereocenters. The number of carbonyl (C=O) groups excluding carboxylic acids is 4. The summed E-state index contributed by atoms with van der Waals surface area (Å²) in [7, 11) is 0. The smallest absolute Gasteiger partial charge is 0.239 e. The molecule has 0 fully saturated rings. The lowest BCUT2D eigenvalue weighted by Gasteiger charge is -2.31. The van der Waals surface area contributed by atoms with Crippen molar-refractivity contribution in [3.63, 3.8) is 0 Å². The van der Waals surface area contributed by atoms with Crippen LogP contribution >= 0.6 is 0 Å². The van der Waals surface area contributed by atoms with Gasteiger partial charge in [0, 0.05) is 39.5 Å². The molecule has 228 valence electrons. The van der Waals surface area contributed by atoms with Crippen molar-refractivity contribution in [1.82, 2.24) is 0 Å². The number of hydrogen-bond acceptors (Lipinski definition) is 7. The highest BCUT2D eigenvalue weighted by molar-refractivity contribution is 6.33. The summed E-state index contributed by atoms with van der Waals surface area (Å²) in [5.41, 5.74) is 3.63. The molecule has 0 saturated carbocycles. The van der Waals surface area contributed by atoms with Crippen LogP contribution in [0.1, 0.15) is 52.6 Å². The van der Waals surface area contributed by atoms with Gasteiger partial charge in [-0.05, 0) is 54.6 Å². The fourth-order valence-corrected chi connectivity index (χ4v) is 6.78. The lowest BCUT2D eigenvalue weighted by Crippen LogP contribution is -2.74. The van der Waals surface area contributed by atoms with Gasteiger partial charge in [-0.3, -0.25) is 19.2 Å². The number of para-hydroxylation sites is 2. The van der Waals surface area contributed by atoms with Gasteiger partial charge in [-0.25, -0.2) is 4.99 Å². The van der Waals surface area contributed by atoms with Crippen LogP contribution in [0.5, 0.6) is 23.0 Å². The minimum atomic E-state index is -0.648. The molecular weight excluding hydrogens is 604 g/mol. The summed E-state index contributed by atoms with van der Waals surface area (Å²) in [6.45, 7) is 0. The Hall–Kier alpha value is -6.67. The molecule has 5 aromatic rings. The van der Waals surface area contributed by atoms with Gasteiger partial charge in [0.05, 0.1) is 5.56 Å². The van der Waals surface area contributed by atoms with Crippen LogP contribution in [-0.4, -0.2) is 34.9 Å². The van der Waals surface area contributed by atoms with E-state index in [-0.39, 0.29) is 51.1 Å². The maximum atomic E-state index is 14.4. The second-order valence-corrected chi connectivity index (χ2v) is 11.7. The molecule has 0 spiro atoms. The van der Waals surface area contributed by atoms with Gasteiger partial charge in [-0.2, -0.15) is 0 Å². The van der Waals surface area contributed by atoms with Crippen molar-refractivity contribution < 1.29 is 33.6 Å². The molecule has 8 heteroatoms. The van der Waals surface area contributed by atoms with Crippen LogP contribution < -0.4 is 19.8 Å². The van der Waals surface area contributed by atoms with Crippen molar-refractivity contribution in [2.75, 3.05) is 5.32 Å². The number of fused-ring (bicyclic) bond motifs is 7. The summed E-state index contributed by atoms with van der Waals surface area (Å²) in [5.74, 6) is 0.236. The van der Waals surface area contributed by atoms with Crippen molar-refractivity contribution in [1.29, 1.82) is 0 Å². The third kappa shape index (κ3) is 4.06. The molecule has 2 N–H and O–H groups in total. The Morgan fingerprint density at radius 2 is 1.15 bits per heavy atom. The molecule has 8 nitrogen and oxygen atoms in total. The summed E-state index contributed by atoms with van der Waals surface area (Å²) in [6.07, 6.45) is 3.37. The van der Waals surface area contributed by atoms with Gasteiger partial charge in [0.1, 0.15) is 28.8 Å². The molecule has 48 heavy (non-hydrogen) atoms. The van der Waals surface area contributed by atoms with Crippen LogP contribution in [0.2, 0.25) is 0 Å². The lowest BCUT2D eigenvalue weighted by molar-refractivity contribution is -0.355. The van der Waals surface area contributed by atoms with Crippen LogP contribution in [0.15, 0.2) is 132 Å². The first-order valence-corrected chi connectivity index (χ1v) is 15.4. The number of rotatable bonds is 4. The fraction of sp³-hybridized carbons (Fsp3) is 0.0250. The van der Waals surface area contributed by atoms with E-state index in [0.717, 1.165) is 0 Å². The first kappa shape index (κ1) is 27.6. The number of Topliss-reactive ketones (excluding diaryl/α,β-unsaturated/α-hetero) is 2. The quantitative estimate of drug-likeness (QED) is 0.249. The number of ether oxygens (including phenoxy) is 2. The maximum absolute atomic E-state index is 14.4. The average molecular weight is 628 g/mol. The Bertz CT molecular complexity index is 2390. The molecule has 9 rings (SSSR count). The zero-order valence-electron chi connectivity index (χ0n) is 25.1. The molecule has 3 aliphatic carbocycles. The number of ketones is 4. The number of allylic oxidation sites excluding steroid dienone is 2. The third-order valence-electron chi connectivity index (χ3n) is 9.00. The molecular formula is C40H23N2O6+. The molecule has 4 aliphatic rings. The van der Waals surface area contributed by atoms with E-state index in [0.29, 0.717) is 50.9 Å². The highest BCUT2D eigenvalue weighted by atomic mass is 16.5. The third-order valence-corrected chi connectivity index (χ3v) is 9.00. The number of anilines is 1. The van der Waals surface area contributed by atoms with E-state index in [4.69, 9.17) is 9.47 Å². The highest BCUT2D eigenvalue weighted by Gasteiger charge is 2.45. The molecule has 5 aromatic carbocycles. The summed E-state index contributed by atoms with van der Waals surface area (Å²) in [6, 6.07) is 30.8. The second-order valence-electron chi connectivity index (χ2n) is 11.7. The minimum Gasteiger partial charge on any atom is -0.453 e. The van der Waals surface area contributed by atoms with E-state index >= 15 is 0 Å². The number of carbonyl (C=O) groups is 4. The summed E-state index contributed by atoms with van der Waals surface area (Å²) < 4.78 is 12.5. The van der Waals surface area contributed by atoms with Crippen LogP contribution in [0, 0.1) is 0 Å². The summed E-state index contributed by atoms with van der Waals surface area (Å²) in [4.78, 5) is 59.1. The summed E-state index contributed by atoms with van der Waals surface area (Å²) in [5, 5.41) is 3.38. The SMILES string of the molecule is O=C1C2=C(C(=O)c3ccccc31)C1Nc3ccc4c(c3[NH+]=C1C=C2)C(=O)c1ccc(Oc2ccccc2)c(Oc2ccccc2)c1C4=O. The predicted molar refractivity (Wildman–Crippen MR) is 177 cm³/mol. The monoisotopic (exact) mass is 627 g/mol. The number of hydrogen-bond donors (Lipinski definition) is 2. The van der Waals surface area contributed by atoms with Crippen LogP contribution in [0.25, 0.3) is 0 Å². The van der Waals surface area contributed by atoms with Gasteiger partial charge >= 0.3 is 0 Å².